The van der Waals surface area contributed by atoms with Gasteiger partial charge in [0.1, 0.15) is 5.82 Å². The van der Waals surface area contributed by atoms with Crippen molar-refractivity contribution in [1.82, 2.24) is 29.7 Å². The normalized spacial score (nSPS) is 17.2. The summed E-state index contributed by atoms with van der Waals surface area (Å²) in [6, 6.07) is 3.82. The highest BCUT2D eigenvalue weighted by atomic mass is 32.1. The maximum Gasteiger partial charge on any atom is 0.323 e. The number of aromatic nitrogens is 5. The van der Waals surface area contributed by atoms with Crippen molar-refractivity contribution in [1.29, 1.82) is 0 Å². The summed E-state index contributed by atoms with van der Waals surface area (Å²) in [5.74, 6) is 1.98. The zero-order valence-electron chi connectivity index (χ0n) is 17.3. The van der Waals surface area contributed by atoms with E-state index in [0.717, 1.165) is 48.1 Å². The fourth-order valence-electron chi connectivity index (χ4n) is 4.21. The van der Waals surface area contributed by atoms with Crippen molar-refractivity contribution >= 4 is 34.0 Å². The summed E-state index contributed by atoms with van der Waals surface area (Å²) in [5, 5.41) is 17.1. The number of piperidine rings is 1. The number of nitrogens with zero attached hydrogens (tertiary/aromatic N) is 7. The number of thiazole rings is 1. The molecule has 30 heavy (non-hydrogen) atoms. The Labute approximate surface area is 179 Å². The molecule has 1 fully saturated rings. The molecule has 0 unspecified atom stereocenters. The molecule has 0 spiro atoms. The molecule has 0 atom stereocenters. The van der Waals surface area contributed by atoms with E-state index in [1.807, 2.05) is 40.5 Å². The Kier molecular flexibility index (Phi) is 5.01. The first-order valence-electron chi connectivity index (χ1n) is 10.5. The van der Waals surface area contributed by atoms with E-state index in [0.29, 0.717) is 13.1 Å². The Balaban J connectivity index is 1.24. The van der Waals surface area contributed by atoms with Crippen molar-refractivity contribution in [2.75, 3.05) is 37.4 Å². The molecule has 3 aromatic rings. The van der Waals surface area contributed by atoms with Gasteiger partial charge in [-0.15, -0.1) is 26.6 Å². The van der Waals surface area contributed by atoms with Crippen molar-refractivity contribution in [2.45, 2.75) is 44.4 Å². The summed E-state index contributed by atoms with van der Waals surface area (Å²) in [5.41, 5.74) is 1.92. The summed E-state index contributed by atoms with van der Waals surface area (Å²) in [6.07, 6.45) is 6.22. The lowest BCUT2D eigenvalue weighted by atomic mass is 9.96. The smallest absolute Gasteiger partial charge is 0.323 e. The van der Waals surface area contributed by atoms with E-state index in [2.05, 4.69) is 25.6 Å². The van der Waals surface area contributed by atoms with Crippen LogP contribution in [0.1, 0.15) is 48.0 Å². The minimum Gasteiger partial charge on any atom is -0.361 e. The van der Waals surface area contributed by atoms with E-state index >= 15 is 0 Å². The number of amides is 2. The Morgan fingerprint density at radius 3 is 2.73 bits per heavy atom. The first-order valence-corrected chi connectivity index (χ1v) is 11.3. The lowest BCUT2D eigenvalue weighted by Crippen LogP contribution is -2.40. The van der Waals surface area contributed by atoms with Crippen LogP contribution >= 0.6 is 11.3 Å². The summed E-state index contributed by atoms with van der Waals surface area (Å²) >= 11 is 1.63. The number of fused-ring (bicyclic) bond motifs is 2. The topological polar surface area (TPSA) is 91.5 Å². The van der Waals surface area contributed by atoms with E-state index in [1.54, 1.807) is 11.3 Å². The molecule has 5 rings (SSSR count). The van der Waals surface area contributed by atoms with Crippen molar-refractivity contribution in [3.8, 4) is 0 Å². The van der Waals surface area contributed by atoms with Crippen LogP contribution in [-0.2, 0) is 12.8 Å². The number of aryl methyl sites for hydroxylation is 2. The Hall–Kier alpha value is -2.75. The van der Waals surface area contributed by atoms with Gasteiger partial charge < -0.3 is 9.80 Å². The SMILES string of the molecule is CN(C)c1ccc2nnc(C3CCN(C(=O)Nc4nc5c(s4)CCCC5)CC3)n2n1. The van der Waals surface area contributed by atoms with Gasteiger partial charge in [0.15, 0.2) is 16.6 Å². The predicted octanol–water partition coefficient (Wildman–Crippen LogP) is 2.94. The number of hydrogen-bond donors (Lipinski definition) is 1. The van der Waals surface area contributed by atoms with Gasteiger partial charge in [-0.05, 0) is 50.7 Å². The first-order chi connectivity index (χ1) is 14.6. The molecule has 0 saturated carbocycles. The summed E-state index contributed by atoms with van der Waals surface area (Å²) in [6.45, 7) is 1.37. The number of anilines is 2. The van der Waals surface area contributed by atoms with Gasteiger partial charge in [0.25, 0.3) is 0 Å². The van der Waals surface area contributed by atoms with Crippen molar-refractivity contribution in [2.24, 2.45) is 0 Å². The zero-order valence-corrected chi connectivity index (χ0v) is 18.2. The van der Waals surface area contributed by atoms with E-state index in [9.17, 15) is 4.79 Å². The Bertz CT molecular complexity index is 1040. The third-order valence-corrected chi connectivity index (χ3v) is 7.01. The lowest BCUT2D eigenvalue weighted by Gasteiger charge is -2.30. The molecule has 2 aliphatic rings. The second-order valence-electron chi connectivity index (χ2n) is 8.20. The van der Waals surface area contributed by atoms with Gasteiger partial charge >= 0.3 is 6.03 Å². The van der Waals surface area contributed by atoms with Gasteiger partial charge in [-0.1, -0.05) is 0 Å². The molecule has 158 valence electrons. The monoisotopic (exact) mass is 426 g/mol. The van der Waals surface area contributed by atoms with Gasteiger partial charge in [0.2, 0.25) is 0 Å². The second kappa shape index (κ2) is 7.82. The van der Waals surface area contributed by atoms with Crippen LogP contribution in [0.2, 0.25) is 0 Å². The third-order valence-electron chi connectivity index (χ3n) is 5.94. The summed E-state index contributed by atoms with van der Waals surface area (Å²) in [4.78, 5) is 22.5. The maximum atomic E-state index is 12.7. The molecule has 2 amide bonds. The van der Waals surface area contributed by atoms with Gasteiger partial charge in [-0.3, -0.25) is 5.32 Å². The molecule has 10 heteroatoms. The van der Waals surface area contributed by atoms with Crippen LogP contribution in [0.5, 0.6) is 0 Å². The van der Waals surface area contributed by atoms with Gasteiger partial charge in [0, 0.05) is 38.0 Å². The molecule has 1 aliphatic carbocycles. The van der Waals surface area contributed by atoms with E-state index in [-0.39, 0.29) is 11.9 Å². The number of urea groups is 1. The third kappa shape index (κ3) is 3.60. The predicted molar refractivity (Wildman–Crippen MR) is 116 cm³/mol. The van der Waals surface area contributed by atoms with Gasteiger partial charge in [0.05, 0.1) is 5.69 Å². The quantitative estimate of drug-likeness (QED) is 0.692. The molecular formula is C20H26N8OS. The Morgan fingerprint density at radius 1 is 1.17 bits per heavy atom. The minimum atomic E-state index is -0.0568. The largest absolute Gasteiger partial charge is 0.361 e. The van der Waals surface area contributed by atoms with Crippen LogP contribution < -0.4 is 10.2 Å². The highest BCUT2D eigenvalue weighted by Gasteiger charge is 2.28. The van der Waals surface area contributed by atoms with E-state index in [1.165, 1.54) is 23.4 Å². The van der Waals surface area contributed by atoms with Gasteiger partial charge in [-0.2, -0.15) is 4.52 Å². The molecule has 9 nitrogen and oxygen atoms in total. The molecule has 0 bridgehead atoms. The van der Waals surface area contributed by atoms with Crippen LogP contribution in [0.25, 0.3) is 5.65 Å². The fourth-order valence-corrected chi connectivity index (χ4v) is 5.25. The summed E-state index contributed by atoms with van der Waals surface area (Å²) < 4.78 is 1.84. The van der Waals surface area contributed by atoms with Crippen LogP contribution in [0, 0.1) is 0 Å². The second-order valence-corrected chi connectivity index (χ2v) is 9.29. The fraction of sp³-hybridized carbons (Fsp3) is 0.550. The number of rotatable bonds is 3. The van der Waals surface area contributed by atoms with Crippen LogP contribution in [0.4, 0.5) is 15.7 Å². The van der Waals surface area contributed by atoms with Gasteiger partial charge in [-0.25, -0.2) is 9.78 Å². The maximum absolute atomic E-state index is 12.7. The average molecular weight is 427 g/mol. The molecule has 0 aromatic carbocycles. The first kappa shape index (κ1) is 19.2. The number of carbonyl (C=O) groups excluding carboxylic acids is 1. The molecular weight excluding hydrogens is 400 g/mol. The van der Waals surface area contributed by atoms with Crippen molar-refractivity contribution in [3.05, 3.63) is 28.5 Å². The van der Waals surface area contributed by atoms with Crippen LogP contribution in [-0.4, -0.2) is 62.9 Å². The minimum absolute atomic E-state index is 0.0568. The molecule has 0 radical (unpaired) electrons. The number of likely N-dealkylation sites (tertiary alicyclic amines) is 1. The van der Waals surface area contributed by atoms with Crippen LogP contribution in [0.15, 0.2) is 12.1 Å². The molecule has 1 aliphatic heterocycles. The zero-order chi connectivity index (χ0) is 20.7. The number of hydrogen-bond acceptors (Lipinski definition) is 7. The average Bonchev–Trinajstić information content (AvgIpc) is 3.36. The highest BCUT2D eigenvalue weighted by molar-refractivity contribution is 7.15. The summed E-state index contributed by atoms with van der Waals surface area (Å²) in [7, 11) is 3.93. The lowest BCUT2D eigenvalue weighted by molar-refractivity contribution is 0.193. The highest BCUT2D eigenvalue weighted by Crippen LogP contribution is 2.31. The van der Waals surface area contributed by atoms with Crippen molar-refractivity contribution < 1.29 is 4.79 Å². The molecule has 3 aromatic heterocycles. The Morgan fingerprint density at radius 2 is 1.97 bits per heavy atom. The van der Waals surface area contributed by atoms with E-state index < -0.39 is 0 Å². The number of carbonyl (C=O) groups is 1. The number of nitrogens with one attached hydrogen (secondary N) is 1. The van der Waals surface area contributed by atoms with Crippen LogP contribution in [0.3, 0.4) is 0 Å². The van der Waals surface area contributed by atoms with Crippen molar-refractivity contribution in [3.63, 3.8) is 0 Å². The molecule has 1 N–H and O–H groups in total. The van der Waals surface area contributed by atoms with E-state index in [4.69, 9.17) is 0 Å². The molecule has 1 saturated heterocycles. The standard InChI is InChI=1S/C20H26N8OS/c1-26(2)17-8-7-16-23-24-18(28(16)25-17)13-9-11-27(12-10-13)20(29)22-19-21-14-5-3-4-6-15(14)30-19/h7-8,13H,3-6,9-12H2,1-2H3,(H,21,22,29). The molecule has 4 heterocycles.